The number of aliphatic hydroxyl groups is 1. The van der Waals surface area contributed by atoms with Crippen LogP contribution in [0.2, 0.25) is 0 Å². The fraction of sp³-hybridized carbons (Fsp3) is 0.852. The molecule has 0 aromatic carbocycles. The molecule has 0 saturated carbocycles. The van der Waals surface area contributed by atoms with Gasteiger partial charge in [-0.15, -0.1) is 0 Å². The van der Waals surface area contributed by atoms with Crippen molar-refractivity contribution >= 4 is 11.9 Å². The zero-order chi connectivity index (χ0) is 42.8. The van der Waals surface area contributed by atoms with Crippen molar-refractivity contribution in [3.63, 3.8) is 0 Å². The van der Waals surface area contributed by atoms with Crippen LogP contribution >= 0.6 is 0 Å². The van der Waals surface area contributed by atoms with E-state index in [2.05, 4.69) is 50.3 Å². The van der Waals surface area contributed by atoms with E-state index >= 15 is 0 Å². The van der Waals surface area contributed by atoms with Gasteiger partial charge in [0.15, 0.2) is 6.10 Å². The van der Waals surface area contributed by atoms with E-state index in [1.54, 1.807) is 0 Å². The zero-order valence-electron chi connectivity index (χ0n) is 39.5. The lowest BCUT2D eigenvalue weighted by atomic mass is 10.0. The van der Waals surface area contributed by atoms with Crippen molar-refractivity contribution in [1.82, 2.24) is 0 Å². The summed E-state index contributed by atoms with van der Waals surface area (Å²) in [6.45, 7) is 4.03. The molecule has 1 unspecified atom stereocenters. The summed E-state index contributed by atoms with van der Waals surface area (Å²) in [6.07, 6.45) is 64.2. The first kappa shape index (κ1) is 57.1. The van der Waals surface area contributed by atoms with Gasteiger partial charge in [-0.05, 0) is 44.9 Å². The predicted molar refractivity (Wildman–Crippen MR) is 256 cm³/mol. The summed E-state index contributed by atoms with van der Waals surface area (Å²) in [4.78, 5) is 24.3. The minimum atomic E-state index is -0.784. The number of ether oxygens (including phenoxy) is 2. The van der Waals surface area contributed by atoms with E-state index in [0.29, 0.717) is 12.8 Å². The summed E-state index contributed by atoms with van der Waals surface area (Å²) in [6, 6.07) is 0. The van der Waals surface area contributed by atoms with E-state index in [9.17, 15) is 14.7 Å². The van der Waals surface area contributed by atoms with Gasteiger partial charge in [0.2, 0.25) is 0 Å². The molecule has 1 atom stereocenters. The van der Waals surface area contributed by atoms with Crippen molar-refractivity contribution in [3.8, 4) is 0 Å². The lowest BCUT2D eigenvalue weighted by Gasteiger charge is -2.15. The molecular formula is C54H100O5. The van der Waals surface area contributed by atoms with Gasteiger partial charge in [0.1, 0.15) is 6.61 Å². The van der Waals surface area contributed by atoms with E-state index in [4.69, 9.17) is 9.47 Å². The number of carbonyl (C=O) groups is 2. The van der Waals surface area contributed by atoms with Gasteiger partial charge < -0.3 is 14.6 Å². The molecule has 5 nitrogen and oxygen atoms in total. The van der Waals surface area contributed by atoms with Crippen molar-refractivity contribution in [2.45, 2.75) is 283 Å². The van der Waals surface area contributed by atoms with Gasteiger partial charge in [0.05, 0.1) is 6.61 Å². The second kappa shape index (κ2) is 50.5. The van der Waals surface area contributed by atoms with Gasteiger partial charge in [-0.25, -0.2) is 0 Å². The smallest absolute Gasteiger partial charge is 0.306 e. The number of hydrogen-bond acceptors (Lipinski definition) is 5. The van der Waals surface area contributed by atoms with Crippen LogP contribution in [0.4, 0.5) is 0 Å². The zero-order valence-corrected chi connectivity index (χ0v) is 39.5. The van der Waals surface area contributed by atoms with Crippen LogP contribution in [0.1, 0.15) is 277 Å². The van der Waals surface area contributed by atoms with Crippen LogP contribution in [0.15, 0.2) is 36.5 Å². The largest absolute Gasteiger partial charge is 0.462 e. The Balaban J connectivity index is 3.39. The molecule has 0 saturated heterocycles. The molecule has 0 fully saturated rings. The Morgan fingerprint density at radius 1 is 0.407 bits per heavy atom. The standard InChI is InChI=1S/C54H100O5/c1-3-5-7-9-11-13-15-17-18-19-20-21-22-23-24-25-26-27-28-29-30-31-32-33-34-35-37-38-40-42-44-46-48-53(56)58-51-52(50-55)59-54(57)49-47-45-43-41-39-36-16-14-12-10-8-6-4-2/h6,8,12,14,36,39,52,55H,3-5,7,9-11,13,15-35,37-38,40-51H2,1-2H3/b8-6-,14-12-,39-36-. The maximum atomic E-state index is 12.2. The Labute approximate surface area is 367 Å². The van der Waals surface area contributed by atoms with Gasteiger partial charge in [0.25, 0.3) is 0 Å². The molecule has 0 spiro atoms. The number of unbranched alkanes of at least 4 members (excludes halogenated alkanes) is 34. The third-order valence-electron chi connectivity index (χ3n) is 11.7. The number of hydrogen-bond donors (Lipinski definition) is 1. The first-order valence-electron chi connectivity index (χ1n) is 26.0. The molecular weight excluding hydrogens is 729 g/mol. The molecule has 0 aliphatic rings. The highest BCUT2D eigenvalue weighted by molar-refractivity contribution is 5.70. The summed E-state index contributed by atoms with van der Waals surface area (Å²) < 4.78 is 10.6. The normalized spacial score (nSPS) is 12.4. The molecule has 0 aliphatic carbocycles. The van der Waals surface area contributed by atoms with Gasteiger partial charge in [-0.1, -0.05) is 256 Å². The Morgan fingerprint density at radius 3 is 1.10 bits per heavy atom. The summed E-state index contributed by atoms with van der Waals surface area (Å²) >= 11 is 0. The van der Waals surface area contributed by atoms with Crippen LogP contribution in [0.3, 0.4) is 0 Å². The molecule has 0 bridgehead atoms. The molecule has 0 aromatic heterocycles. The van der Waals surface area contributed by atoms with Crippen LogP contribution in [0, 0.1) is 0 Å². The SMILES string of the molecule is CC/C=C\C/C=C\C/C=C\CCCCCC(=O)OC(CO)COC(=O)CCCCCCCCCCCCCCCCCCCCCCCCCCCCCCCCCC. The molecule has 346 valence electrons. The molecule has 1 N–H and O–H groups in total. The Bertz CT molecular complexity index is 939. The fourth-order valence-corrected chi connectivity index (χ4v) is 7.81. The van der Waals surface area contributed by atoms with Crippen LogP contribution < -0.4 is 0 Å². The predicted octanol–water partition coefficient (Wildman–Crippen LogP) is 17.1. The third kappa shape index (κ3) is 48.7. The van der Waals surface area contributed by atoms with Crippen molar-refractivity contribution in [2.24, 2.45) is 0 Å². The van der Waals surface area contributed by atoms with Crippen LogP contribution in [-0.4, -0.2) is 36.4 Å². The quantitative estimate of drug-likeness (QED) is 0.0376. The van der Waals surface area contributed by atoms with E-state index < -0.39 is 6.10 Å². The van der Waals surface area contributed by atoms with Gasteiger partial charge in [0, 0.05) is 12.8 Å². The highest BCUT2D eigenvalue weighted by atomic mass is 16.6. The lowest BCUT2D eigenvalue weighted by molar-refractivity contribution is -0.161. The first-order chi connectivity index (χ1) is 29.1. The molecule has 0 amide bonds. The highest BCUT2D eigenvalue weighted by Crippen LogP contribution is 2.17. The van der Waals surface area contributed by atoms with Crippen molar-refractivity contribution < 1.29 is 24.2 Å². The monoisotopic (exact) mass is 829 g/mol. The van der Waals surface area contributed by atoms with E-state index in [1.807, 2.05) is 0 Å². The highest BCUT2D eigenvalue weighted by Gasteiger charge is 2.16. The average Bonchev–Trinajstić information content (AvgIpc) is 3.24. The second-order valence-corrected chi connectivity index (χ2v) is 17.6. The Kier molecular flexibility index (Phi) is 48.9. The van der Waals surface area contributed by atoms with Crippen LogP contribution in [0.25, 0.3) is 0 Å². The lowest BCUT2D eigenvalue weighted by Crippen LogP contribution is -2.28. The summed E-state index contributed by atoms with van der Waals surface area (Å²) in [5.41, 5.74) is 0. The van der Waals surface area contributed by atoms with Crippen molar-refractivity contribution in [1.29, 1.82) is 0 Å². The van der Waals surface area contributed by atoms with E-state index in [-0.39, 0.29) is 25.2 Å². The Hall–Kier alpha value is -1.88. The van der Waals surface area contributed by atoms with E-state index in [0.717, 1.165) is 64.2 Å². The van der Waals surface area contributed by atoms with Gasteiger partial charge in [-0.3, -0.25) is 9.59 Å². The van der Waals surface area contributed by atoms with E-state index in [1.165, 1.54) is 186 Å². The van der Waals surface area contributed by atoms with Crippen LogP contribution in [-0.2, 0) is 19.1 Å². The molecule has 0 aliphatic heterocycles. The minimum absolute atomic E-state index is 0.0746. The molecule has 0 rings (SSSR count). The molecule has 0 heterocycles. The van der Waals surface area contributed by atoms with Crippen LogP contribution in [0.5, 0.6) is 0 Å². The molecule has 59 heavy (non-hydrogen) atoms. The molecule has 0 aromatic rings. The number of esters is 2. The maximum Gasteiger partial charge on any atom is 0.306 e. The number of allylic oxidation sites excluding steroid dienone is 6. The topological polar surface area (TPSA) is 72.8 Å². The summed E-state index contributed by atoms with van der Waals surface area (Å²) in [5.74, 6) is -0.615. The Morgan fingerprint density at radius 2 is 0.729 bits per heavy atom. The number of aliphatic hydroxyl groups excluding tert-OH is 1. The maximum absolute atomic E-state index is 12.2. The second-order valence-electron chi connectivity index (χ2n) is 17.6. The van der Waals surface area contributed by atoms with Crippen molar-refractivity contribution in [3.05, 3.63) is 36.5 Å². The minimum Gasteiger partial charge on any atom is -0.462 e. The molecule has 5 heteroatoms. The van der Waals surface area contributed by atoms with Gasteiger partial charge >= 0.3 is 11.9 Å². The fourth-order valence-electron chi connectivity index (χ4n) is 7.81. The third-order valence-corrected chi connectivity index (χ3v) is 11.7. The number of carbonyl (C=O) groups excluding carboxylic acids is 2. The molecule has 0 radical (unpaired) electrons. The van der Waals surface area contributed by atoms with Crippen molar-refractivity contribution in [2.75, 3.05) is 13.2 Å². The average molecular weight is 829 g/mol. The first-order valence-corrected chi connectivity index (χ1v) is 26.0. The van der Waals surface area contributed by atoms with Gasteiger partial charge in [-0.2, -0.15) is 0 Å². The summed E-state index contributed by atoms with van der Waals surface area (Å²) in [7, 11) is 0. The number of rotatable bonds is 48. The summed E-state index contributed by atoms with van der Waals surface area (Å²) in [5, 5.41) is 9.59.